The van der Waals surface area contributed by atoms with Crippen molar-refractivity contribution in [2.45, 2.75) is 38.2 Å². The maximum Gasteiger partial charge on any atom is 0.320 e. The quantitative estimate of drug-likeness (QED) is 0.293. The van der Waals surface area contributed by atoms with Gasteiger partial charge >= 0.3 is 11.9 Å². The largest absolute Gasteiger partial charge is 0.468 e. The van der Waals surface area contributed by atoms with Crippen LogP contribution in [0.2, 0.25) is 0 Å². The van der Waals surface area contributed by atoms with Crippen LogP contribution in [-0.2, 0) is 19.1 Å². The number of rotatable bonds is 9. The van der Waals surface area contributed by atoms with Gasteiger partial charge in [-0.1, -0.05) is 6.08 Å². The Bertz CT molecular complexity index is 259. The van der Waals surface area contributed by atoms with Crippen molar-refractivity contribution in [2.75, 3.05) is 14.2 Å². The number of hydrogen-bond donors (Lipinski definition) is 1. The molecule has 0 aliphatic rings. The second-order valence-electron chi connectivity index (χ2n) is 4.05. The van der Waals surface area contributed by atoms with Crippen LogP contribution in [0.1, 0.15) is 32.1 Å². The number of unbranched alkanes of at least 4 members (excludes halogenated alkanes) is 1. The molecule has 0 aromatic heterocycles. The van der Waals surface area contributed by atoms with Crippen molar-refractivity contribution in [3.05, 3.63) is 12.7 Å². The fourth-order valence-electron chi connectivity index (χ4n) is 1.62. The molecule has 18 heavy (non-hydrogen) atoms. The van der Waals surface area contributed by atoms with E-state index in [4.69, 9.17) is 0 Å². The van der Waals surface area contributed by atoms with Crippen molar-refractivity contribution in [1.82, 2.24) is 0 Å². The summed E-state index contributed by atoms with van der Waals surface area (Å²) in [6.07, 6.45) is 4.17. The van der Waals surface area contributed by atoms with Crippen molar-refractivity contribution in [1.29, 1.82) is 0 Å². The summed E-state index contributed by atoms with van der Waals surface area (Å²) in [5.41, 5.74) is 0. The Kier molecular flexibility index (Phi) is 8.92. The van der Waals surface area contributed by atoms with Crippen LogP contribution >= 0.6 is 0 Å². The van der Waals surface area contributed by atoms with Gasteiger partial charge in [-0.25, -0.2) is 0 Å². The predicted octanol–water partition coefficient (Wildman–Crippen LogP) is 1.45. The van der Waals surface area contributed by atoms with Crippen LogP contribution in [0, 0.1) is 5.92 Å². The van der Waals surface area contributed by atoms with Gasteiger partial charge < -0.3 is 14.6 Å². The van der Waals surface area contributed by atoms with E-state index in [1.165, 1.54) is 14.2 Å². The molecule has 5 heteroatoms. The third-order valence-electron chi connectivity index (χ3n) is 2.71. The fraction of sp³-hybridized carbons (Fsp3) is 0.692. The molecular weight excluding hydrogens is 236 g/mol. The minimum Gasteiger partial charge on any atom is -0.468 e. The average molecular weight is 258 g/mol. The first-order valence-electron chi connectivity index (χ1n) is 6.01. The molecule has 0 amide bonds. The first-order chi connectivity index (χ1) is 8.56. The monoisotopic (exact) mass is 258 g/mol. The summed E-state index contributed by atoms with van der Waals surface area (Å²) in [6.45, 7) is 3.60. The third-order valence-corrected chi connectivity index (χ3v) is 2.71. The normalized spacial score (nSPS) is 12.0. The van der Waals surface area contributed by atoms with Crippen molar-refractivity contribution < 1.29 is 24.2 Å². The second kappa shape index (κ2) is 9.65. The van der Waals surface area contributed by atoms with E-state index < -0.39 is 24.0 Å². The van der Waals surface area contributed by atoms with Gasteiger partial charge in [0.2, 0.25) is 0 Å². The van der Waals surface area contributed by atoms with E-state index in [1.807, 2.05) is 0 Å². The van der Waals surface area contributed by atoms with Gasteiger partial charge in [0.1, 0.15) is 0 Å². The van der Waals surface area contributed by atoms with Crippen LogP contribution in [0.15, 0.2) is 12.7 Å². The smallest absolute Gasteiger partial charge is 0.320 e. The summed E-state index contributed by atoms with van der Waals surface area (Å²) in [5, 5.41) is 9.70. The zero-order chi connectivity index (χ0) is 14.0. The van der Waals surface area contributed by atoms with E-state index in [-0.39, 0.29) is 6.42 Å². The Morgan fingerprint density at radius 1 is 1.17 bits per heavy atom. The van der Waals surface area contributed by atoms with E-state index >= 15 is 0 Å². The standard InChI is InChI=1S/C13H22O5/c1-4-5-6-7-10(14)8-9-11(12(15)17-2)13(16)18-3/h4,10-11,14H,1,5-9H2,2-3H3. The highest BCUT2D eigenvalue weighted by atomic mass is 16.5. The number of allylic oxidation sites excluding steroid dienone is 1. The Morgan fingerprint density at radius 2 is 1.72 bits per heavy atom. The average Bonchev–Trinajstić information content (AvgIpc) is 2.38. The molecule has 1 N–H and O–H groups in total. The maximum absolute atomic E-state index is 11.4. The number of esters is 2. The molecule has 0 rings (SSSR count). The Morgan fingerprint density at radius 3 is 2.17 bits per heavy atom. The van der Waals surface area contributed by atoms with E-state index in [1.54, 1.807) is 6.08 Å². The number of carbonyl (C=O) groups excluding carboxylic acids is 2. The summed E-state index contributed by atoms with van der Waals surface area (Å²) in [7, 11) is 2.44. The van der Waals surface area contributed by atoms with Gasteiger partial charge in [0.25, 0.3) is 0 Å². The van der Waals surface area contributed by atoms with Crippen LogP contribution in [0.25, 0.3) is 0 Å². The SMILES string of the molecule is C=CCCCC(O)CCC(C(=O)OC)C(=O)OC. The van der Waals surface area contributed by atoms with Crippen molar-refractivity contribution in [2.24, 2.45) is 5.92 Å². The highest BCUT2D eigenvalue weighted by Gasteiger charge is 2.28. The zero-order valence-corrected chi connectivity index (χ0v) is 11.1. The molecule has 0 saturated heterocycles. The molecule has 104 valence electrons. The van der Waals surface area contributed by atoms with Gasteiger partial charge in [0.05, 0.1) is 20.3 Å². The van der Waals surface area contributed by atoms with Gasteiger partial charge in [0.15, 0.2) is 5.92 Å². The van der Waals surface area contributed by atoms with Crippen LogP contribution in [0.5, 0.6) is 0 Å². The molecule has 0 radical (unpaired) electrons. The molecule has 0 saturated carbocycles. The molecule has 0 aromatic carbocycles. The molecule has 1 unspecified atom stereocenters. The number of ether oxygens (including phenoxy) is 2. The van der Waals surface area contributed by atoms with E-state index in [0.717, 1.165) is 12.8 Å². The summed E-state index contributed by atoms with van der Waals surface area (Å²) >= 11 is 0. The first-order valence-corrected chi connectivity index (χ1v) is 6.01. The van der Waals surface area contributed by atoms with Crippen molar-refractivity contribution in [3.63, 3.8) is 0 Å². The lowest BCUT2D eigenvalue weighted by Gasteiger charge is -2.14. The van der Waals surface area contributed by atoms with Crippen LogP contribution < -0.4 is 0 Å². The summed E-state index contributed by atoms with van der Waals surface area (Å²) in [4.78, 5) is 22.7. The van der Waals surface area contributed by atoms with E-state index in [0.29, 0.717) is 12.8 Å². The van der Waals surface area contributed by atoms with Gasteiger partial charge in [-0.2, -0.15) is 0 Å². The van der Waals surface area contributed by atoms with Gasteiger partial charge in [-0.05, 0) is 32.1 Å². The number of hydrogen-bond acceptors (Lipinski definition) is 5. The third kappa shape index (κ3) is 6.39. The Labute approximate surface area is 108 Å². The summed E-state index contributed by atoms with van der Waals surface area (Å²) in [6, 6.07) is 0. The van der Waals surface area contributed by atoms with Gasteiger partial charge in [0, 0.05) is 0 Å². The molecule has 5 nitrogen and oxygen atoms in total. The fourth-order valence-corrected chi connectivity index (χ4v) is 1.62. The molecule has 1 atom stereocenters. The summed E-state index contributed by atoms with van der Waals surface area (Å²) in [5.74, 6) is -2.20. The molecule has 0 aromatic rings. The maximum atomic E-state index is 11.4. The van der Waals surface area contributed by atoms with Gasteiger partial charge in [-0.15, -0.1) is 6.58 Å². The molecule has 0 aliphatic heterocycles. The minimum absolute atomic E-state index is 0.231. The number of methoxy groups -OCH3 is 2. The molecule has 0 bridgehead atoms. The molecule has 0 heterocycles. The lowest BCUT2D eigenvalue weighted by molar-refractivity contribution is -0.159. The molecule has 0 aliphatic carbocycles. The first kappa shape index (κ1) is 16.6. The van der Waals surface area contributed by atoms with Crippen molar-refractivity contribution in [3.8, 4) is 0 Å². The lowest BCUT2D eigenvalue weighted by Crippen LogP contribution is -2.27. The van der Waals surface area contributed by atoms with Crippen LogP contribution in [-0.4, -0.2) is 37.4 Å². The Hall–Kier alpha value is -1.36. The van der Waals surface area contributed by atoms with Crippen molar-refractivity contribution >= 4 is 11.9 Å². The van der Waals surface area contributed by atoms with Crippen LogP contribution in [0.3, 0.4) is 0 Å². The minimum atomic E-state index is -0.950. The highest BCUT2D eigenvalue weighted by Crippen LogP contribution is 2.15. The van der Waals surface area contributed by atoms with Crippen LogP contribution in [0.4, 0.5) is 0 Å². The predicted molar refractivity (Wildman–Crippen MR) is 66.8 cm³/mol. The van der Waals surface area contributed by atoms with E-state index in [2.05, 4.69) is 16.1 Å². The lowest BCUT2D eigenvalue weighted by atomic mass is 9.98. The highest BCUT2D eigenvalue weighted by molar-refractivity contribution is 5.94. The molecule has 0 spiro atoms. The topological polar surface area (TPSA) is 72.8 Å². The number of aliphatic hydroxyl groups excluding tert-OH is 1. The summed E-state index contributed by atoms with van der Waals surface area (Å²) < 4.78 is 9.06. The second-order valence-corrected chi connectivity index (χ2v) is 4.05. The van der Waals surface area contributed by atoms with Gasteiger partial charge in [-0.3, -0.25) is 9.59 Å². The Balaban J connectivity index is 4.13. The zero-order valence-electron chi connectivity index (χ0n) is 11.1. The number of aliphatic hydroxyl groups is 1. The molecule has 0 fully saturated rings. The number of carbonyl (C=O) groups is 2. The molecular formula is C13H22O5. The van der Waals surface area contributed by atoms with E-state index in [9.17, 15) is 14.7 Å².